The molecule has 0 spiro atoms. The highest BCUT2D eigenvalue weighted by molar-refractivity contribution is 7.15. The van der Waals surface area contributed by atoms with Crippen molar-refractivity contribution in [1.82, 2.24) is 15.6 Å². The normalized spacial score (nSPS) is 12.7. The minimum absolute atomic E-state index is 0.0624. The van der Waals surface area contributed by atoms with Gasteiger partial charge in [0.05, 0.1) is 6.54 Å². The molecule has 9 heteroatoms. The number of hydrogen-bond donors (Lipinski definition) is 4. The number of thiazole rings is 1. The highest BCUT2D eigenvalue weighted by Crippen LogP contribution is 2.14. The molecule has 3 aromatic rings. The maximum atomic E-state index is 14.1. The minimum Gasteiger partial charge on any atom is -0.383 e. The Labute approximate surface area is 183 Å². The number of nitrogens with one attached hydrogen (secondary N) is 2. The smallest absolute Gasteiger partial charge is 0.249 e. The Morgan fingerprint density at radius 1 is 1.06 bits per heavy atom. The van der Waals surface area contributed by atoms with Crippen molar-refractivity contribution in [3.8, 4) is 0 Å². The van der Waals surface area contributed by atoms with Crippen LogP contribution in [0.5, 0.6) is 0 Å². The zero-order valence-electron chi connectivity index (χ0n) is 16.6. The molecule has 1 aromatic heterocycles. The Kier molecular flexibility index (Phi) is 7.69. The van der Waals surface area contributed by atoms with Gasteiger partial charge in [-0.25, -0.2) is 9.37 Å². The third-order valence-electron chi connectivity index (χ3n) is 4.60. The number of aliphatic hydroxyl groups is 1. The molecule has 7 nitrogen and oxygen atoms in total. The van der Waals surface area contributed by atoms with E-state index in [4.69, 9.17) is 5.73 Å². The summed E-state index contributed by atoms with van der Waals surface area (Å²) in [7, 11) is 0. The van der Waals surface area contributed by atoms with Crippen LogP contribution in [0.2, 0.25) is 0 Å². The molecular weight excluding hydrogens is 419 g/mol. The van der Waals surface area contributed by atoms with E-state index in [0.29, 0.717) is 5.13 Å². The molecule has 0 fully saturated rings. The summed E-state index contributed by atoms with van der Waals surface area (Å²) < 4.78 is 14.1. The number of carbonyl (C=O) groups excluding carboxylic acids is 2. The van der Waals surface area contributed by atoms with Gasteiger partial charge in [0, 0.05) is 23.9 Å². The van der Waals surface area contributed by atoms with Crippen LogP contribution in [0, 0.1) is 5.82 Å². The van der Waals surface area contributed by atoms with Gasteiger partial charge in [-0.2, -0.15) is 0 Å². The number of aliphatic hydroxyl groups excluding tert-OH is 1. The van der Waals surface area contributed by atoms with Gasteiger partial charge in [0.1, 0.15) is 18.0 Å². The second-order valence-corrected chi connectivity index (χ2v) is 8.09. The van der Waals surface area contributed by atoms with Crippen molar-refractivity contribution in [2.24, 2.45) is 0 Å². The molecule has 0 aliphatic carbocycles. The first-order valence-corrected chi connectivity index (χ1v) is 10.5. The van der Waals surface area contributed by atoms with Crippen LogP contribution in [-0.2, 0) is 29.0 Å². The van der Waals surface area contributed by atoms with Gasteiger partial charge in [0.25, 0.3) is 0 Å². The van der Waals surface area contributed by atoms with Crippen molar-refractivity contribution >= 4 is 28.3 Å². The molecule has 1 heterocycles. The van der Waals surface area contributed by atoms with E-state index in [1.165, 1.54) is 17.4 Å². The first-order valence-electron chi connectivity index (χ1n) is 9.66. The first kappa shape index (κ1) is 22.4. The Morgan fingerprint density at radius 2 is 1.77 bits per heavy atom. The summed E-state index contributed by atoms with van der Waals surface area (Å²) in [5.74, 6) is -1.69. The van der Waals surface area contributed by atoms with Crippen molar-refractivity contribution in [3.05, 3.63) is 82.6 Å². The van der Waals surface area contributed by atoms with Crippen molar-refractivity contribution < 1.29 is 19.1 Å². The van der Waals surface area contributed by atoms with E-state index in [0.717, 1.165) is 10.4 Å². The molecule has 0 bridgehead atoms. The molecule has 31 heavy (non-hydrogen) atoms. The van der Waals surface area contributed by atoms with E-state index in [9.17, 15) is 19.1 Å². The zero-order valence-corrected chi connectivity index (χ0v) is 17.4. The maximum Gasteiger partial charge on any atom is 0.249 e. The van der Waals surface area contributed by atoms with Gasteiger partial charge in [-0.05, 0) is 17.2 Å². The lowest BCUT2D eigenvalue weighted by atomic mass is 10.0. The predicted octanol–water partition coefficient (Wildman–Crippen LogP) is 1.81. The number of amides is 2. The van der Waals surface area contributed by atoms with Crippen LogP contribution in [0.3, 0.4) is 0 Å². The molecular formula is C22H23FN4O3S. The summed E-state index contributed by atoms with van der Waals surface area (Å²) in [4.78, 5) is 30.0. The average Bonchev–Trinajstić information content (AvgIpc) is 3.18. The van der Waals surface area contributed by atoms with E-state index < -0.39 is 29.8 Å². The Balaban J connectivity index is 1.68. The van der Waals surface area contributed by atoms with Gasteiger partial charge in [-0.3, -0.25) is 9.59 Å². The van der Waals surface area contributed by atoms with Crippen LogP contribution in [0.15, 0.2) is 60.8 Å². The fourth-order valence-corrected chi connectivity index (χ4v) is 3.62. The summed E-state index contributed by atoms with van der Waals surface area (Å²) in [6, 6.07) is 14.0. The summed E-state index contributed by atoms with van der Waals surface area (Å²) in [6.07, 6.45) is 0.238. The standard InChI is InChI=1S/C22H23FN4O3S/c23-17-9-5-4-8-15(17)11-18(20(29)25-12-16-13-26-22(24)31-16)27-21(30)19(28)10-14-6-2-1-3-7-14/h1-9,13,18-19,28H,10-12H2,(H2,24,26)(H,25,29)(H,27,30)/t18-,19+/m0/s1. The lowest BCUT2D eigenvalue weighted by molar-refractivity contribution is -0.134. The number of benzene rings is 2. The van der Waals surface area contributed by atoms with E-state index in [-0.39, 0.29) is 24.9 Å². The maximum absolute atomic E-state index is 14.1. The number of nitrogen functional groups attached to an aromatic ring is 1. The van der Waals surface area contributed by atoms with Gasteiger partial charge < -0.3 is 21.5 Å². The Morgan fingerprint density at radius 3 is 2.45 bits per heavy atom. The lowest BCUT2D eigenvalue weighted by Gasteiger charge is -2.20. The van der Waals surface area contributed by atoms with Gasteiger partial charge in [-0.15, -0.1) is 11.3 Å². The first-order chi connectivity index (χ1) is 14.9. The second kappa shape index (κ2) is 10.6. The van der Waals surface area contributed by atoms with Crippen molar-refractivity contribution in [2.75, 3.05) is 5.73 Å². The summed E-state index contributed by atoms with van der Waals surface area (Å²) >= 11 is 1.23. The molecule has 162 valence electrons. The lowest BCUT2D eigenvalue weighted by Crippen LogP contribution is -2.51. The number of hydrogen-bond acceptors (Lipinski definition) is 6. The summed E-state index contributed by atoms with van der Waals surface area (Å²) in [6.45, 7) is 0.171. The quantitative estimate of drug-likeness (QED) is 0.403. The van der Waals surface area contributed by atoms with Crippen molar-refractivity contribution in [1.29, 1.82) is 0 Å². The summed E-state index contributed by atoms with van der Waals surface area (Å²) in [5, 5.41) is 15.9. The van der Waals surface area contributed by atoms with Crippen LogP contribution in [0.25, 0.3) is 0 Å². The Hall–Kier alpha value is -3.30. The van der Waals surface area contributed by atoms with E-state index in [1.807, 2.05) is 6.07 Å². The van der Waals surface area contributed by atoms with Gasteiger partial charge >= 0.3 is 0 Å². The topological polar surface area (TPSA) is 117 Å². The van der Waals surface area contributed by atoms with Crippen molar-refractivity contribution in [3.63, 3.8) is 0 Å². The molecule has 0 aliphatic rings. The number of nitrogens with two attached hydrogens (primary N) is 1. The Bertz CT molecular complexity index is 1030. The minimum atomic E-state index is -1.35. The van der Waals surface area contributed by atoms with Crippen LogP contribution in [-0.4, -0.2) is 34.1 Å². The SMILES string of the molecule is Nc1ncc(CNC(=O)[C@H](Cc2ccccc2F)NC(=O)[C@H](O)Cc2ccccc2)s1. The molecule has 0 saturated carbocycles. The number of carbonyl (C=O) groups is 2. The van der Waals surface area contributed by atoms with Gasteiger partial charge in [-0.1, -0.05) is 48.5 Å². The number of nitrogens with zero attached hydrogens (tertiary/aromatic N) is 1. The molecule has 0 unspecified atom stereocenters. The number of aromatic nitrogens is 1. The fourth-order valence-electron chi connectivity index (χ4n) is 2.99. The van der Waals surface area contributed by atoms with Crippen LogP contribution < -0.4 is 16.4 Å². The molecule has 2 amide bonds. The van der Waals surface area contributed by atoms with E-state index in [1.54, 1.807) is 48.7 Å². The molecule has 0 radical (unpaired) electrons. The molecule has 0 aliphatic heterocycles. The number of anilines is 1. The van der Waals surface area contributed by atoms with Crippen LogP contribution in [0.1, 0.15) is 16.0 Å². The van der Waals surface area contributed by atoms with Gasteiger partial charge in [0.2, 0.25) is 11.8 Å². The van der Waals surface area contributed by atoms with Crippen molar-refractivity contribution in [2.45, 2.75) is 31.5 Å². The van der Waals surface area contributed by atoms with E-state index in [2.05, 4.69) is 15.6 Å². The zero-order chi connectivity index (χ0) is 22.2. The number of halogens is 1. The largest absolute Gasteiger partial charge is 0.383 e. The predicted molar refractivity (Wildman–Crippen MR) is 117 cm³/mol. The number of rotatable bonds is 9. The van der Waals surface area contributed by atoms with Crippen LogP contribution in [0.4, 0.5) is 9.52 Å². The monoisotopic (exact) mass is 442 g/mol. The summed E-state index contributed by atoms with van der Waals surface area (Å²) in [5.41, 5.74) is 6.66. The average molecular weight is 443 g/mol. The second-order valence-electron chi connectivity index (χ2n) is 6.94. The highest BCUT2D eigenvalue weighted by Gasteiger charge is 2.26. The third-order valence-corrected chi connectivity index (χ3v) is 5.42. The van der Waals surface area contributed by atoms with Gasteiger partial charge in [0.15, 0.2) is 5.13 Å². The fraction of sp³-hybridized carbons (Fsp3) is 0.227. The molecule has 3 rings (SSSR count). The molecule has 0 saturated heterocycles. The molecule has 2 aromatic carbocycles. The van der Waals surface area contributed by atoms with Crippen LogP contribution >= 0.6 is 11.3 Å². The van der Waals surface area contributed by atoms with E-state index >= 15 is 0 Å². The molecule has 5 N–H and O–H groups in total. The third kappa shape index (κ3) is 6.59. The molecule has 2 atom stereocenters. The highest BCUT2D eigenvalue weighted by atomic mass is 32.1.